The number of hydrogen-bond acceptors (Lipinski definition) is 0. The lowest BCUT2D eigenvalue weighted by atomic mass is 10.2. The van der Waals surface area contributed by atoms with Crippen molar-refractivity contribution in [3.05, 3.63) is 36.5 Å². The van der Waals surface area contributed by atoms with Gasteiger partial charge in [-0.25, -0.2) is 0 Å². The smallest absolute Gasteiger partial charge is 0.0187 e. The van der Waals surface area contributed by atoms with E-state index in [9.17, 15) is 0 Å². The van der Waals surface area contributed by atoms with Crippen molar-refractivity contribution in [3.63, 3.8) is 0 Å². The molecule has 0 saturated carbocycles. The monoisotopic (exact) mass is 105 g/mol. The normalized spacial score (nSPS) is 18.0. The topological polar surface area (TPSA) is 0 Å². The molecule has 1 radical (unpaired) electrons. The van der Waals surface area contributed by atoms with Crippen LogP contribution in [-0.4, -0.2) is 0 Å². The van der Waals surface area contributed by atoms with Crippen LogP contribution in [0, 0.1) is 6.08 Å². The Morgan fingerprint density at radius 1 is 1.12 bits per heavy atom. The maximum atomic E-state index is 2.99. The van der Waals surface area contributed by atoms with Crippen LogP contribution in [0.5, 0.6) is 0 Å². The zero-order chi connectivity index (χ0) is 5.66. The third-order valence-corrected chi connectivity index (χ3v) is 1.04. The second-order valence-corrected chi connectivity index (χ2v) is 1.74. The minimum absolute atomic E-state index is 1.15. The average Bonchev–Trinajstić information content (AvgIpc) is 1.62. The second kappa shape index (κ2) is 3.25. The van der Waals surface area contributed by atoms with Gasteiger partial charge in [0.2, 0.25) is 0 Å². The molecule has 0 amide bonds. The lowest BCUT2D eigenvalue weighted by Gasteiger charge is -1.85. The molecular formula is C8H9. The van der Waals surface area contributed by atoms with Crippen molar-refractivity contribution in [3.8, 4) is 0 Å². The van der Waals surface area contributed by atoms with Crippen molar-refractivity contribution in [2.45, 2.75) is 12.8 Å². The SMILES string of the molecule is [C]1=CC=CCCC=C1. The van der Waals surface area contributed by atoms with E-state index in [1.165, 1.54) is 0 Å². The Labute approximate surface area is 50.2 Å². The third-order valence-electron chi connectivity index (χ3n) is 1.04. The van der Waals surface area contributed by atoms with Gasteiger partial charge in [-0.2, -0.15) is 0 Å². The molecule has 1 aliphatic rings. The molecule has 0 atom stereocenters. The Balaban J connectivity index is 2.51. The number of hydrogen-bond donors (Lipinski definition) is 0. The molecule has 0 aliphatic heterocycles. The van der Waals surface area contributed by atoms with Gasteiger partial charge in [-0.1, -0.05) is 30.4 Å². The highest BCUT2D eigenvalue weighted by molar-refractivity contribution is 5.08. The molecule has 1 aliphatic carbocycles. The van der Waals surface area contributed by atoms with Crippen LogP contribution in [0.25, 0.3) is 0 Å². The first kappa shape index (κ1) is 5.36. The molecule has 0 bridgehead atoms. The molecule has 0 aromatic heterocycles. The van der Waals surface area contributed by atoms with Crippen molar-refractivity contribution in [2.24, 2.45) is 0 Å². The predicted molar refractivity (Wildman–Crippen MR) is 35.3 cm³/mol. The maximum Gasteiger partial charge on any atom is -0.0187 e. The van der Waals surface area contributed by atoms with Gasteiger partial charge in [0.25, 0.3) is 0 Å². The van der Waals surface area contributed by atoms with E-state index in [2.05, 4.69) is 18.2 Å². The van der Waals surface area contributed by atoms with E-state index < -0.39 is 0 Å². The van der Waals surface area contributed by atoms with Crippen LogP contribution in [-0.2, 0) is 0 Å². The van der Waals surface area contributed by atoms with Crippen LogP contribution >= 0.6 is 0 Å². The van der Waals surface area contributed by atoms with Crippen LogP contribution in [0.1, 0.15) is 12.8 Å². The highest BCUT2D eigenvalue weighted by Crippen LogP contribution is 1.95. The van der Waals surface area contributed by atoms with Gasteiger partial charge >= 0.3 is 0 Å². The zero-order valence-electron chi connectivity index (χ0n) is 4.80. The summed E-state index contributed by atoms with van der Waals surface area (Å²) >= 11 is 0. The van der Waals surface area contributed by atoms with Gasteiger partial charge in [0.1, 0.15) is 0 Å². The summed E-state index contributed by atoms with van der Waals surface area (Å²) in [4.78, 5) is 0. The highest BCUT2D eigenvalue weighted by atomic mass is 13.8. The Kier molecular flexibility index (Phi) is 2.18. The van der Waals surface area contributed by atoms with Crippen LogP contribution in [0.3, 0.4) is 0 Å². The molecule has 0 heterocycles. The number of allylic oxidation sites excluding steroid dienone is 6. The van der Waals surface area contributed by atoms with E-state index in [0.29, 0.717) is 0 Å². The molecule has 41 valence electrons. The fourth-order valence-corrected chi connectivity index (χ4v) is 0.619. The molecule has 1 rings (SSSR count). The van der Waals surface area contributed by atoms with Crippen molar-refractivity contribution >= 4 is 0 Å². The van der Waals surface area contributed by atoms with Crippen LogP contribution in [0.15, 0.2) is 30.4 Å². The summed E-state index contributed by atoms with van der Waals surface area (Å²) < 4.78 is 0. The molecule has 0 aromatic carbocycles. The van der Waals surface area contributed by atoms with Crippen LogP contribution in [0.4, 0.5) is 0 Å². The van der Waals surface area contributed by atoms with Gasteiger partial charge in [0.05, 0.1) is 0 Å². The van der Waals surface area contributed by atoms with E-state index in [1.807, 2.05) is 18.2 Å². The lowest BCUT2D eigenvalue weighted by Crippen LogP contribution is -1.66. The molecule has 0 saturated heterocycles. The lowest BCUT2D eigenvalue weighted by molar-refractivity contribution is 1.05. The maximum absolute atomic E-state index is 2.99. The molecule has 8 heavy (non-hydrogen) atoms. The number of rotatable bonds is 0. The third kappa shape index (κ3) is 1.78. The van der Waals surface area contributed by atoms with E-state index in [4.69, 9.17) is 0 Å². The fraction of sp³-hybridized carbons (Fsp3) is 0.250. The summed E-state index contributed by atoms with van der Waals surface area (Å²) in [5, 5.41) is 0. The summed E-state index contributed by atoms with van der Waals surface area (Å²) in [7, 11) is 0. The van der Waals surface area contributed by atoms with Crippen molar-refractivity contribution in [1.82, 2.24) is 0 Å². The Morgan fingerprint density at radius 2 is 2.00 bits per heavy atom. The molecular weight excluding hydrogens is 96.1 g/mol. The van der Waals surface area contributed by atoms with E-state index in [-0.39, 0.29) is 0 Å². The molecule has 0 spiro atoms. The van der Waals surface area contributed by atoms with E-state index >= 15 is 0 Å². The Hall–Kier alpha value is -0.780. The first-order chi connectivity index (χ1) is 4.00. The molecule has 0 aromatic rings. The quantitative estimate of drug-likeness (QED) is 0.443. The van der Waals surface area contributed by atoms with E-state index in [0.717, 1.165) is 12.8 Å². The Morgan fingerprint density at radius 3 is 3.00 bits per heavy atom. The van der Waals surface area contributed by atoms with Gasteiger partial charge in [-0.3, -0.25) is 0 Å². The molecule has 0 fully saturated rings. The van der Waals surface area contributed by atoms with Crippen molar-refractivity contribution < 1.29 is 0 Å². The van der Waals surface area contributed by atoms with Crippen LogP contribution in [0.2, 0.25) is 0 Å². The highest BCUT2D eigenvalue weighted by Gasteiger charge is 1.76. The first-order valence-electron chi connectivity index (χ1n) is 2.89. The fourth-order valence-electron chi connectivity index (χ4n) is 0.619. The van der Waals surface area contributed by atoms with Gasteiger partial charge in [0.15, 0.2) is 0 Å². The molecule has 0 heteroatoms. The summed E-state index contributed by atoms with van der Waals surface area (Å²) in [6.45, 7) is 0. The standard InChI is InChI=1S/C8H9/c1-2-4-6-8-7-5-3-1/h1-3,7-8H,4,6H2. The Bertz CT molecular complexity index is 111. The summed E-state index contributed by atoms with van der Waals surface area (Å²) in [6, 6.07) is 0. The predicted octanol–water partition coefficient (Wildman–Crippen LogP) is 2.25. The summed E-state index contributed by atoms with van der Waals surface area (Å²) in [5.74, 6) is 0. The summed E-state index contributed by atoms with van der Waals surface area (Å²) in [6.07, 6.45) is 15.5. The summed E-state index contributed by atoms with van der Waals surface area (Å²) in [5.41, 5.74) is 0. The van der Waals surface area contributed by atoms with E-state index in [1.54, 1.807) is 0 Å². The largest absolute Gasteiger partial charge is 0.0842 e. The molecule has 0 N–H and O–H groups in total. The van der Waals surface area contributed by atoms with Crippen molar-refractivity contribution in [1.29, 1.82) is 0 Å². The molecule has 0 unspecified atom stereocenters. The minimum atomic E-state index is 1.15. The van der Waals surface area contributed by atoms with Gasteiger partial charge in [0, 0.05) is 0 Å². The van der Waals surface area contributed by atoms with Gasteiger partial charge < -0.3 is 0 Å². The van der Waals surface area contributed by atoms with Gasteiger partial charge in [-0.05, 0) is 18.9 Å². The average molecular weight is 105 g/mol. The first-order valence-corrected chi connectivity index (χ1v) is 2.89. The molecule has 0 nitrogen and oxygen atoms in total. The van der Waals surface area contributed by atoms with Crippen LogP contribution < -0.4 is 0 Å². The minimum Gasteiger partial charge on any atom is -0.0842 e. The van der Waals surface area contributed by atoms with Gasteiger partial charge in [-0.15, -0.1) is 0 Å². The van der Waals surface area contributed by atoms with Crippen molar-refractivity contribution in [2.75, 3.05) is 0 Å². The zero-order valence-corrected chi connectivity index (χ0v) is 4.80. The second-order valence-electron chi connectivity index (χ2n) is 1.74.